The van der Waals surface area contributed by atoms with Gasteiger partial charge in [0.15, 0.2) is 5.76 Å². The number of nitrogens with zero attached hydrogens (tertiary/aromatic N) is 1. The Morgan fingerprint density at radius 3 is 2.95 bits per heavy atom. The lowest BCUT2D eigenvalue weighted by Crippen LogP contribution is -2.41. The summed E-state index contributed by atoms with van der Waals surface area (Å²) in [7, 11) is 0. The van der Waals surface area contributed by atoms with Crippen molar-refractivity contribution in [3.8, 4) is 0 Å². The number of hydrogen-bond donors (Lipinski definition) is 0. The molecule has 1 amide bonds. The van der Waals surface area contributed by atoms with Crippen LogP contribution in [0.15, 0.2) is 35.0 Å². The molecule has 1 aliphatic heterocycles. The van der Waals surface area contributed by atoms with E-state index in [1.165, 1.54) is 6.26 Å². The number of esters is 1. The van der Waals surface area contributed by atoms with Crippen LogP contribution in [0, 0.1) is 5.92 Å². The number of carbonyl (C=O) groups is 2. The lowest BCUT2D eigenvalue weighted by molar-refractivity contribution is -0.149. The van der Waals surface area contributed by atoms with Crippen molar-refractivity contribution in [2.24, 2.45) is 5.92 Å². The van der Waals surface area contributed by atoms with E-state index in [2.05, 4.69) is 12.2 Å². The molecule has 2 heterocycles. The maximum Gasteiger partial charge on any atom is 0.328 e. The van der Waals surface area contributed by atoms with Crippen LogP contribution in [0.4, 0.5) is 0 Å². The number of hydrogen-bond acceptors (Lipinski definition) is 4. The van der Waals surface area contributed by atoms with E-state index >= 15 is 0 Å². The van der Waals surface area contributed by atoms with E-state index in [9.17, 15) is 9.59 Å². The Morgan fingerprint density at radius 2 is 2.23 bits per heavy atom. The first-order valence-corrected chi connectivity index (χ1v) is 7.92. The van der Waals surface area contributed by atoms with Crippen LogP contribution in [0.2, 0.25) is 0 Å². The Kier molecular flexibility index (Phi) is 4.61. The van der Waals surface area contributed by atoms with Gasteiger partial charge in [-0.25, -0.2) is 4.79 Å². The maximum absolute atomic E-state index is 12.3. The lowest BCUT2D eigenvalue weighted by Gasteiger charge is -2.24. The van der Waals surface area contributed by atoms with E-state index < -0.39 is 6.04 Å². The van der Waals surface area contributed by atoms with Crippen molar-refractivity contribution >= 4 is 11.9 Å². The second kappa shape index (κ2) is 6.81. The molecule has 5 heteroatoms. The van der Waals surface area contributed by atoms with E-state index in [-0.39, 0.29) is 17.6 Å². The van der Waals surface area contributed by atoms with E-state index in [0.29, 0.717) is 25.5 Å². The fourth-order valence-electron chi connectivity index (χ4n) is 3.10. The van der Waals surface area contributed by atoms with Gasteiger partial charge in [-0.2, -0.15) is 0 Å². The molecule has 22 heavy (non-hydrogen) atoms. The molecule has 1 saturated heterocycles. The van der Waals surface area contributed by atoms with Gasteiger partial charge in [0.05, 0.1) is 12.9 Å². The van der Waals surface area contributed by atoms with Gasteiger partial charge in [-0.05, 0) is 50.2 Å². The van der Waals surface area contributed by atoms with Crippen molar-refractivity contribution in [3.05, 3.63) is 36.3 Å². The molecule has 0 aromatic carbocycles. The SMILES string of the molecule is O=C(OCC1CC=CCC1)C1CCCN1C(=O)c1ccco1. The first-order valence-electron chi connectivity index (χ1n) is 7.92. The van der Waals surface area contributed by atoms with Crippen LogP contribution in [0.25, 0.3) is 0 Å². The number of carbonyl (C=O) groups excluding carboxylic acids is 2. The standard InChI is InChI=1S/C17H21NO4/c19-16(15-9-5-11-21-15)18-10-4-8-14(18)17(20)22-12-13-6-2-1-3-7-13/h1-2,5,9,11,13-14H,3-4,6-8,10,12H2. The number of amides is 1. The molecule has 1 aromatic heterocycles. The fourth-order valence-corrected chi connectivity index (χ4v) is 3.10. The van der Waals surface area contributed by atoms with Crippen LogP contribution in [0.3, 0.4) is 0 Å². The van der Waals surface area contributed by atoms with Crippen molar-refractivity contribution in [2.45, 2.75) is 38.1 Å². The highest BCUT2D eigenvalue weighted by Gasteiger charge is 2.36. The summed E-state index contributed by atoms with van der Waals surface area (Å²) in [4.78, 5) is 26.2. The third kappa shape index (κ3) is 3.24. The Morgan fingerprint density at radius 1 is 1.32 bits per heavy atom. The molecule has 2 unspecified atom stereocenters. The summed E-state index contributed by atoms with van der Waals surface area (Å²) >= 11 is 0. The second-order valence-electron chi connectivity index (χ2n) is 5.91. The molecule has 5 nitrogen and oxygen atoms in total. The van der Waals surface area contributed by atoms with Crippen molar-refractivity contribution in [3.63, 3.8) is 0 Å². The summed E-state index contributed by atoms with van der Waals surface area (Å²) in [6.07, 6.45) is 10.3. The molecule has 0 bridgehead atoms. The van der Waals surface area contributed by atoms with Crippen molar-refractivity contribution in [1.82, 2.24) is 4.90 Å². The predicted octanol–water partition coefficient (Wildman–Crippen LogP) is 2.78. The molecule has 0 radical (unpaired) electrons. The van der Waals surface area contributed by atoms with E-state index in [0.717, 1.165) is 25.7 Å². The Labute approximate surface area is 129 Å². The minimum atomic E-state index is -0.475. The number of furan rings is 1. The van der Waals surface area contributed by atoms with Gasteiger partial charge in [-0.3, -0.25) is 4.79 Å². The minimum Gasteiger partial charge on any atom is -0.464 e. The number of allylic oxidation sites excluding steroid dienone is 2. The van der Waals surface area contributed by atoms with Gasteiger partial charge in [0, 0.05) is 6.54 Å². The molecule has 2 atom stereocenters. The molecule has 1 fully saturated rings. The zero-order valence-electron chi connectivity index (χ0n) is 12.6. The molecule has 118 valence electrons. The second-order valence-corrected chi connectivity index (χ2v) is 5.91. The Hall–Kier alpha value is -2.04. The number of likely N-dealkylation sites (tertiary alicyclic amines) is 1. The number of rotatable bonds is 4. The summed E-state index contributed by atoms with van der Waals surface area (Å²) in [6, 6.07) is 2.82. The molecule has 2 aliphatic rings. The third-order valence-electron chi connectivity index (χ3n) is 4.36. The van der Waals surface area contributed by atoms with Crippen LogP contribution in [0.5, 0.6) is 0 Å². The van der Waals surface area contributed by atoms with E-state index in [1.807, 2.05) is 0 Å². The summed E-state index contributed by atoms with van der Waals surface area (Å²) in [5.41, 5.74) is 0. The largest absolute Gasteiger partial charge is 0.464 e. The fraction of sp³-hybridized carbons (Fsp3) is 0.529. The average Bonchev–Trinajstić information content (AvgIpc) is 3.24. The van der Waals surface area contributed by atoms with Gasteiger partial charge < -0.3 is 14.1 Å². The van der Waals surface area contributed by atoms with Crippen LogP contribution < -0.4 is 0 Å². The highest BCUT2D eigenvalue weighted by atomic mass is 16.5. The lowest BCUT2D eigenvalue weighted by atomic mass is 9.95. The summed E-state index contributed by atoms with van der Waals surface area (Å²) in [5.74, 6) is 0.165. The average molecular weight is 303 g/mol. The van der Waals surface area contributed by atoms with Crippen LogP contribution >= 0.6 is 0 Å². The summed E-state index contributed by atoms with van der Waals surface area (Å²) in [6.45, 7) is 1.02. The van der Waals surface area contributed by atoms with Gasteiger partial charge in [0.2, 0.25) is 0 Å². The van der Waals surface area contributed by atoms with Gasteiger partial charge in [0.1, 0.15) is 6.04 Å². The molecular formula is C17H21NO4. The summed E-state index contributed by atoms with van der Waals surface area (Å²) < 4.78 is 10.6. The highest BCUT2D eigenvalue weighted by Crippen LogP contribution is 2.23. The van der Waals surface area contributed by atoms with E-state index in [1.54, 1.807) is 17.0 Å². The molecular weight excluding hydrogens is 282 g/mol. The van der Waals surface area contributed by atoms with Gasteiger partial charge in [0.25, 0.3) is 5.91 Å². The topological polar surface area (TPSA) is 59.8 Å². The smallest absolute Gasteiger partial charge is 0.328 e. The van der Waals surface area contributed by atoms with Crippen LogP contribution in [-0.2, 0) is 9.53 Å². The minimum absolute atomic E-state index is 0.231. The molecule has 1 aliphatic carbocycles. The monoisotopic (exact) mass is 303 g/mol. The highest BCUT2D eigenvalue weighted by molar-refractivity contribution is 5.94. The Bertz CT molecular complexity index is 549. The van der Waals surface area contributed by atoms with Gasteiger partial charge >= 0.3 is 5.97 Å². The third-order valence-corrected chi connectivity index (χ3v) is 4.36. The van der Waals surface area contributed by atoms with E-state index in [4.69, 9.17) is 9.15 Å². The van der Waals surface area contributed by atoms with Crippen molar-refractivity contribution < 1.29 is 18.7 Å². The quantitative estimate of drug-likeness (QED) is 0.634. The maximum atomic E-state index is 12.3. The first kappa shape index (κ1) is 14.9. The molecule has 3 rings (SSSR count). The predicted molar refractivity (Wildman–Crippen MR) is 80.2 cm³/mol. The van der Waals surface area contributed by atoms with Crippen molar-refractivity contribution in [2.75, 3.05) is 13.2 Å². The van der Waals surface area contributed by atoms with Crippen LogP contribution in [0.1, 0.15) is 42.7 Å². The van der Waals surface area contributed by atoms with Crippen molar-refractivity contribution in [1.29, 1.82) is 0 Å². The molecule has 0 spiro atoms. The zero-order chi connectivity index (χ0) is 15.4. The molecule has 0 saturated carbocycles. The van der Waals surface area contributed by atoms with Crippen LogP contribution in [-0.4, -0.2) is 36.0 Å². The number of ether oxygens (including phenoxy) is 1. The Balaban J connectivity index is 1.56. The summed E-state index contributed by atoms with van der Waals surface area (Å²) in [5, 5.41) is 0. The zero-order valence-corrected chi connectivity index (χ0v) is 12.6. The van der Waals surface area contributed by atoms with Gasteiger partial charge in [-0.15, -0.1) is 0 Å². The first-order chi connectivity index (χ1) is 10.8. The van der Waals surface area contributed by atoms with Gasteiger partial charge in [-0.1, -0.05) is 12.2 Å². The normalized spacial score (nSPS) is 24.5. The molecule has 0 N–H and O–H groups in total. The molecule has 1 aromatic rings.